The van der Waals surface area contributed by atoms with E-state index in [-0.39, 0.29) is 11.9 Å². The monoisotopic (exact) mass is 246 g/mol. The first-order valence-corrected chi connectivity index (χ1v) is 6.77. The van der Waals surface area contributed by atoms with E-state index in [1.165, 1.54) is 12.8 Å². The van der Waals surface area contributed by atoms with Crippen LogP contribution in [0.15, 0.2) is 30.3 Å². The molecule has 1 saturated carbocycles. The first kappa shape index (κ1) is 12.9. The van der Waals surface area contributed by atoms with Crippen LogP contribution in [0.5, 0.6) is 0 Å². The lowest BCUT2D eigenvalue weighted by Crippen LogP contribution is -2.42. The molecule has 1 aromatic rings. The Balaban J connectivity index is 2.02. The molecule has 98 valence electrons. The Labute approximate surface area is 109 Å². The minimum absolute atomic E-state index is 0.236. The molecule has 1 aliphatic rings. The van der Waals surface area contributed by atoms with Crippen LogP contribution in [0, 0.1) is 11.8 Å². The van der Waals surface area contributed by atoms with Crippen molar-refractivity contribution in [3.8, 4) is 0 Å². The largest absolute Gasteiger partial charge is 0.373 e. The van der Waals surface area contributed by atoms with Crippen molar-refractivity contribution in [1.29, 1.82) is 0 Å². The third-order valence-electron chi connectivity index (χ3n) is 3.93. The summed E-state index contributed by atoms with van der Waals surface area (Å²) in [5.74, 6) is 0.920. The lowest BCUT2D eigenvalue weighted by molar-refractivity contribution is -0.120. The molecular weight excluding hydrogens is 224 g/mol. The summed E-state index contributed by atoms with van der Waals surface area (Å²) in [4.78, 5) is 11.6. The molecule has 1 unspecified atom stereocenters. The fourth-order valence-electron chi connectivity index (χ4n) is 2.75. The first-order valence-electron chi connectivity index (χ1n) is 6.77. The van der Waals surface area contributed by atoms with Crippen LogP contribution in [0.1, 0.15) is 32.6 Å². The Hall–Kier alpha value is -1.51. The van der Waals surface area contributed by atoms with Crippen LogP contribution in [-0.4, -0.2) is 11.9 Å². The van der Waals surface area contributed by atoms with E-state index in [4.69, 9.17) is 5.73 Å². The maximum Gasteiger partial charge on any atom is 0.240 e. The topological polar surface area (TPSA) is 55.1 Å². The number of carbonyl (C=O) groups excluding carboxylic acids is 1. The number of benzene rings is 1. The van der Waals surface area contributed by atoms with E-state index >= 15 is 0 Å². The molecule has 18 heavy (non-hydrogen) atoms. The molecule has 2 rings (SSSR count). The van der Waals surface area contributed by atoms with Gasteiger partial charge in [-0.1, -0.05) is 38.0 Å². The average Bonchev–Trinajstić information content (AvgIpc) is 2.38. The van der Waals surface area contributed by atoms with E-state index in [1.54, 1.807) is 0 Å². The van der Waals surface area contributed by atoms with Gasteiger partial charge in [0.1, 0.15) is 6.04 Å². The lowest BCUT2D eigenvalue weighted by atomic mass is 9.79. The van der Waals surface area contributed by atoms with Crippen molar-refractivity contribution < 1.29 is 4.79 Å². The molecule has 0 heterocycles. The van der Waals surface area contributed by atoms with Crippen molar-refractivity contribution >= 4 is 11.6 Å². The summed E-state index contributed by atoms with van der Waals surface area (Å²) in [6, 6.07) is 9.60. The molecule has 3 nitrogen and oxygen atoms in total. The summed E-state index contributed by atoms with van der Waals surface area (Å²) in [5, 5.41) is 3.29. The van der Waals surface area contributed by atoms with E-state index in [2.05, 4.69) is 12.2 Å². The van der Waals surface area contributed by atoms with Crippen LogP contribution in [0.2, 0.25) is 0 Å². The van der Waals surface area contributed by atoms with Crippen LogP contribution in [-0.2, 0) is 4.79 Å². The predicted octanol–water partition coefficient (Wildman–Crippen LogP) is 2.78. The molecule has 0 bridgehead atoms. The van der Waals surface area contributed by atoms with Gasteiger partial charge in [0.2, 0.25) is 5.91 Å². The number of rotatable bonds is 4. The molecule has 3 heteroatoms. The highest BCUT2D eigenvalue weighted by molar-refractivity contribution is 5.83. The first-order chi connectivity index (χ1) is 8.66. The van der Waals surface area contributed by atoms with Crippen LogP contribution in [0.4, 0.5) is 5.69 Å². The number of amides is 1. The summed E-state index contributed by atoms with van der Waals surface area (Å²) in [5.41, 5.74) is 6.52. The van der Waals surface area contributed by atoms with Crippen LogP contribution in [0.25, 0.3) is 0 Å². The van der Waals surface area contributed by atoms with Gasteiger partial charge in [-0.15, -0.1) is 0 Å². The van der Waals surface area contributed by atoms with Gasteiger partial charge in [-0.2, -0.15) is 0 Å². The second-order valence-electron chi connectivity index (χ2n) is 5.41. The normalized spacial score (nSPS) is 25.4. The third kappa shape index (κ3) is 3.25. The average molecular weight is 246 g/mol. The molecular formula is C15H22N2O. The zero-order valence-corrected chi connectivity index (χ0v) is 10.9. The van der Waals surface area contributed by atoms with Gasteiger partial charge in [0, 0.05) is 5.69 Å². The third-order valence-corrected chi connectivity index (χ3v) is 3.93. The van der Waals surface area contributed by atoms with Crippen molar-refractivity contribution in [2.45, 2.75) is 38.6 Å². The quantitative estimate of drug-likeness (QED) is 0.858. The zero-order chi connectivity index (χ0) is 13.0. The van der Waals surface area contributed by atoms with E-state index < -0.39 is 0 Å². The Morgan fingerprint density at radius 1 is 1.22 bits per heavy atom. The fraction of sp³-hybridized carbons (Fsp3) is 0.533. The molecule has 0 saturated heterocycles. The minimum Gasteiger partial charge on any atom is -0.373 e. The second kappa shape index (κ2) is 5.89. The van der Waals surface area contributed by atoms with E-state index in [1.807, 2.05) is 30.3 Å². The summed E-state index contributed by atoms with van der Waals surface area (Å²) >= 11 is 0. The number of anilines is 1. The standard InChI is InChI=1S/C15H22N2O/c1-11-7-9-12(10-8-11)14(15(16)18)17-13-5-3-2-4-6-13/h2-6,11-12,14,17H,7-10H2,1H3,(H2,16,18). The minimum atomic E-state index is -0.238. The Bertz CT molecular complexity index is 383. The molecule has 0 radical (unpaired) electrons. The number of carbonyl (C=O) groups is 1. The number of nitrogens with one attached hydrogen (secondary N) is 1. The Kier molecular flexibility index (Phi) is 4.24. The van der Waals surface area contributed by atoms with Gasteiger partial charge in [-0.05, 0) is 36.8 Å². The Morgan fingerprint density at radius 2 is 1.83 bits per heavy atom. The molecule has 1 aliphatic carbocycles. The van der Waals surface area contributed by atoms with Crippen LogP contribution < -0.4 is 11.1 Å². The summed E-state index contributed by atoms with van der Waals surface area (Å²) in [6.45, 7) is 2.28. The van der Waals surface area contributed by atoms with Gasteiger partial charge < -0.3 is 11.1 Å². The van der Waals surface area contributed by atoms with Crippen molar-refractivity contribution in [2.75, 3.05) is 5.32 Å². The number of nitrogens with two attached hydrogens (primary N) is 1. The molecule has 1 atom stereocenters. The molecule has 0 aromatic heterocycles. The molecule has 0 aliphatic heterocycles. The molecule has 1 aromatic carbocycles. The van der Waals surface area contributed by atoms with E-state index in [0.29, 0.717) is 5.92 Å². The SMILES string of the molecule is CC1CCC(C(Nc2ccccc2)C(N)=O)CC1. The number of hydrogen-bond acceptors (Lipinski definition) is 2. The number of para-hydroxylation sites is 1. The number of hydrogen-bond donors (Lipinski definition) is 2. The smallest absolute Gasteiger partial charge is 0.240 e. The lowest BCUT2D eigenvalue weighted by Gasteiger charge is -2.32. The molecule has 0 spiro atoms. The van der Waals surface area contributed by atoms with Gasteiger partial charge in [0.25, 0.3) is 0 Å². The van der Waals surface area contributed by atoms with Gasteiger partial charge in [0.05, 0.1) is 0 Å². The summed E-state index contributed by atoms with van der Waals surface area (Å²) in [7, 11) is 0. The van der Waals surface area contributed by atoms with Crippen LogP contribution >= 0.6 is 0 Å². The van der Waals surface area contributed by atoms with Crippen LogP contribution in [0.3, 0.4) is 0 Å². The van der Waals surface area contributed by atoms with E-state index in [9.17, 15) is 4.79 Å². The maximum atomic E-state index is 11.6. The van der Waals surface area contributed by atoms with Gasteiger partial charge in [0.15, 0.2) is 0 Å². The summed E-state index contributed by atoms with van der Waals surface area (Å²) < 4.78 is 0. The highest BCUT2D eigenvalue weighted by atomic mass is 16.1. The summed E-state index contributed by atoms with van der Waals surface area (Å²) in [6.07, 6.45) is 4.58. The fourth-order valence-corrected chi connectivity index (χ4v) is 2.75. The highest BCUT2D eigenvalue weighted by Crippen LogP contribution is 2.31. The predicted molar refractivity (Wildman–Crippen MR) is 74.2 cm³/mol. The Morgan fingerprint density at radius 3 is 2.39 bits per heavy atom. The van der Waals surface area contributed by atoms with Crippen molar-refractivity contribution in [3.05, 3.63) is 30.3 Å². The van der Waals surface area contributed by atoms with Gasteiger partial charge in [-0.25, -0.2) is 0 Å². The van der Waals surface area contributed by atoms with E-state index in [0.717, 1.165) is 24.4 Å². The number of primary amides is 1. The molecule has 1 amide bonds. The molecule has 3 N–H and O–H groups in total. The van der Waals surface area contributed by atoms with Gasteiger partial charge in [-0.3, -0.25) is 4.79 Å². The van der Waals surface area contributed by atoms with Gasteiger partial charge >= 0.3 is 0 Å². The second-order valence-corrected chi connectivity index (χ2v) is 5.41. The zero-order valence-electron chi connectivity index (χ0n) is 10.9. The maximum absolute atomic E-state index is 11.6. The molecule has 1 fully saturated rings. The highest BCUT2D eigenvalue weighted by Gasteiger charge is 2.29. The van der Waals surface area contributed by atoms with Crippen molar-refractivity contribution in [1.82, 2.24) is 0 Å². The van der Waals surface area contributed by atoms with Crippen molar-refractivity contribution in [2.24, 2.45) is 17.6 Å². The van der Waals surface area contributed by atoms with Crippen molar-refractivity contribution in [3.63, 3.8) is 0 Å².